The van der Waals surface area contributed by atoms with Gasteiger partial charge < -0.3 is 14.2 Å². The van der Waals surface area contributed by atoms with Crippen molar-refractivity contribution in [3.63, 3.8) is 0 Å². The maximum Gasteiger partial charge on any atom is 0.226 e. The average molecular weight is 262 g/mol. The molecular formula is C15H22N2O2. The van der Waals surface area contributed by atoms with Gasteiger partial charge in [-0.2, -0.15) is 0 Å². The summed E-state index contributed by atoms with van der Waals surface area (Å²) in [4.78, 5) is 14.5. The van der Waals surface area contributed by atoms with Gasteiger partial charge in [-0.05, 0) is 31.4 Å². The molecule has 0 aromatic carbocycles. The Bertz CT molecular complexity index is 468. The number of rotatable bonds is 3. The van der Waals surface area contributed by atoms with Crippen molar-refractivity contribution in [2.24, 2.45) is 11.8 Å². The Morgan fingerprint density at radius 3 is 2.95 bits per heavy atom. The van der Waals surface area contributed by atoms with E-state index >= 15 is 0 Å². The van der Waals surface area contributed by atoms with Crippen LogP contribution in [0.4, 0.5) is 0 Å². The van der Waals surface area contributed by atoms with Gasteiger partial charge in [0.15, 0.2) is 0 Å². The van der Waals surface area contributed by atoms with Crippen molar-refractivity contribution in [1.82, 2.24) is 9.47 Å². The molecule has 0 unspecified atom stereocenters. The third-order valence-corrected chi connectivity index (χ3v) is 4.24. The van der Waals surface area contributed by atoms with Crippen LogP contribution in [0.2, 0.25) is 0 Å². The second-order valence-corrected chi connectivity index (χ2v) is 5.77. The summed E-state index contributed by atoms with van der Waals surface area (Å²) in [6.45, 7) is 7.15. The minimum atomic E-state index is 0.108. The van der Waals surface area contributed by atoms with Gasteiger partial charge in [-0.15, -0.1) is 0 Å². The molecule has 3 rings (SSSR count). The molecule has 2 heterocycles. The van der Waals surface area contributed by atoms with Crippen LogP contribution in [0.3, 0.4) is 0 Å². The molecule has 1 amide bonds. The molecule has 1 fully saturated rings. The normalized spacial score (nSPS) is 29.8. The molecule has 0 bridgehead atoms. The highest BCUT2D eigenvalue weighted by atomic mass is 16.5. The van der Waals surface area contributed by atoms with E-state index in [4.69, 9.17) is 4.74 Å². The predicted octanol–water partition coefficient (Wildman–Crippen LogP) is 1.89. The topological polar surface area (TPSA) is 34.5 Å². The summed E-state index contributed by atoms with van der Waals surface area (Å²) < 4.78 is 7.99. The van der Waals surface area contributed by atoms with E-state index in [2.05, 4.69) is 23.8 Å². The molecule has 3 atom stereocenters. The van der Waals surface area contributed by atoms with Crippen molar-refractivity contribution in [2.75, 3.05) is 13.2 Å². The highest BCUT2D eigenvalue weighted by Crippen LogP contribution is 2.39. The summed E-state index contributed by atoms with van der Waals surface area (Å²) in [6.07, 6.45) is 3.24. The fourth-order valence-corrected chi connectivity index (χ4v) is 2.96. The van der Waals surface area contributed by atoms with Crippen molar-refractivity contribution in [3.05, 3.63) is 24.0 Å². The molecule has 0 saturated heterocycles. The Kier molecular flexibility index (Phi) is 3.35. The minimum Gasteiger partial charge on any atom is -0.375 e. The van der Waals surface area contributed by atoms with E-state index in [0.29, 0.717) is 18.4 Å². The minimum absolute atomic E-state index is 0.108. The first kappa shape index (κ1) is 12.7. The average Bonchev–Trinajstić information content (AvgIpc) is 3.01. The van der Waals surface area contributed by atoms with Crippen LogP contribution in [0.25, 0.3) is 0 Å². The molecule has 1 aromatic heterocycles. The van der Waals surface area contributed by atoms with E-state index in [0.717, 1.165) is 26.1 Å². The Morgan fingerprint density at radius 2 is 2.26 bits per heavy atom. The van der Waals surface area contributed by atoms with Gasteiger partial charge in [0.1, 0.15) is 0 Å². The maximum absolute atomic E-state index is 12.5. The van der Waals surface area contributed by atoms with Gasteiger partial charge >= 0.3 is 0 Å². The van der Waals surface area contributed by atoms with Crippen LogP contribution in [0, 0.1) is 11.8 Å². The third-order valence-electron chi connectivity index (χ3n) is 4.24. The van der Waals surface area contributed by atoms with Crippen molar-refractivity contribution >= 4 is 5.91 Å². The zero-order chi connectivity index (χ0) is 13.4. The molecule has 0 radical (unpaired) electrons. The van der Waals surface area contributed by atoms with E-state index in [1.54, 1.807) is 0 Å². The summed E-state index contributed by atoms with van der Waals surface area (Å²) in [5.74, 6) is 1.13. The monoisotopic (exact) mass is 262 g/mol. The summed E-state index contributed by atoms with van der Waals surface area (Å²) in [5, 5.41) is 0. The zero-order valence-corrected chi connectivity index (χ0v) is 11.7. The van der Waals surface area contributed by atoms with Crippen LogP contribution >= 0.6 is 0 Å². The smallest absolute Gasteiger partial charge is 0.226 e. The van der Waals surface area contributed by atoms with Gasteiger partial charge in [-0.3, -0.25) is 4.79 Å². The summed E-state index contributed by atoms with van der Waals surface area (Å²) in [6, 6.07) is 4.15. The van der Waals surface area contributed by atoms with E-state index in [-0.39, 0.29) is 12.0 Å². The van der Waals surface area contributed by atoms with Crippen LogP contribution < -0.4 is 0 Å². The Hall–Kier alpha value is -1.29. The molecule has 19 heavy (non-hydrogen) atoms. The molecule has 4 nitrogen and oxygen atoms in total. The molecule has 4 heteroatoms. The predicted molar refractivity (Wildman–Crippen MR) is 72.5 cm³/mol. The van der Waals surface area contributed by atoms with Gasteiger partial charge in [0.05, 0.1) is 19.2 Å². The maximum atomic E-state index is 12.5. The number of fused-ring (bicyclic) bond motifs is 1. The number of amides is 1. The molecule has 0 N–H and O–H groups in total. The molecular weight excluding hydrogens is 240 g/mol. The quantitative estimate of drug-likeness (QED) is 0.833. The number of carbonyl (C=O) groups is 1. The van der Waals surface area contributed by atoms with Gasteiger partial charge in [0, 0.05) is 31.0 Å². The lowest BCUT2D eigenvalue weighted by molar-refractivity contribution is -0.135. The van der Waals surface area contributed by atoms with E-state index in [9.17, 15) is 4.79 Å². The van der Waals surface area contributed by atoms with E-state index in [1.807, 2.05) is 17.9 Å². The number of carbonyl (C=O) groups excluding carboxylic acids is 1. The number of aromatic nitrogens is 1. The van der Waals surface area contributed by atoms with Crippen molar-refractivity contribution in [1.29, 1.82) is 0 Å². The molecule has 0 spiro atoms. The molecule has 1 saturated carbocycles. The van der Waals surface area contributed by atoms with Crippen LogP contribution in [0.1, 0.15) is 26.0 Å². The van der Waals surface area contributed by atoms with E-state index in [1.165, 1.54) is 5.69 Å². The fraction of sp³-hybridized carbons (Fsp3) is 0.667. The fourth-order valence-electron chi connectivity index (χ4n) is 2.96. The standard InChI is InChI=1S/C15H22N2O2/c1-3-19-13-9-16-6-4-5-12(16)8-17(10-13)15(18)14-7-11(14)2/h4-6,11,13-14H,3,7-10H2,1-2H3/t11-,13-,14+/m0/s1. The lowest BCUT2D eigenvalue weighted by Crippen LogP contribution is -2.38. The molecule has 2 aliphatic rings. The summed E-state index contributed by atoms with van der Waals surface area (Å²) in [5.41, 5.74) is 1.21. The van der Waals surface area contributed by atoms with Gasteiger partial charge in [0.25, 0.3) is 0 Å². The first-order chi connectivity index (χ1) is 9.19. The van der Waals surface area contributed by atoms with Gasteiger partial charge in [-0.25, -0.2) is 0 Å². The lowest BCUT2D eigenvalue weighted by Gasteiger charge is -2.24. The zero-order valence-electron chi connectivity index (χ0n) is 11.7. The number of ether oxygens (including phenoxy) is 1. The third kappa shape index (κ3) is 2.54. The largest absolute Gasteiger partial charge is 0.375 e. The van der Waals surface area contributed by atoms with Crippen LogP contribution in [-0.4, -0.2) is 34.6 Å². The molecule has 104 valence electrons. The second kappa shape index (κ2) is 5.00. The van der Waals surface area contributed by atoms with Crippen molar-refractivity contribution < 1.29 is 9.53 Å². The molecule has 1 aromatic rings. The van der Waals surface area contributed by atoms with Crippen LogP contribution in [0.15, 0.2) is 18.3 Å². The Labute approximate surface area is 114 Å². The SMILES string of the molecule is CCO[C@@H]1CN(C(=O)[C@@H]2C[C@@H]2C)Cc2cccn2C1. The number of hydrogen-bond acceptors (Lipinski definition) is 2. The Balaban J connectivity index is 1.78. The molecule has 1 aliphatic carbocycles. The van der Waals surface area contributed by atoms with Crippen molar-refractivity contribution in [3.8, 4) is 0 Å². The second-order valence-electron chi connectivity index (χ2n) is 5.77. The highest BCUT2D eigenvalue weighted by molar-refractivity contribution is 5.81. The molecule has 1 aliphatic heterocycles. The highest BCUT2D eigenvalue weighted by Gasteiger charge is 2.42. The van der Waals surface area contributed by atoms with Gasteiger partial charge in [-0.1, -0.05) is 6.92 Å². The number of hydrogen-bond donors (Lipinski definition) is 0. The summed E-state index contributed by atoms with van der Waals surface area (Å²) in [7, 11) is 0. The lowest BCUT2D eigenvalue weighted by atomic mass is 10.2. The van der Waals surface area contributed by atoms with Crippen LogP contribution in [0.5, 0.6) is 0 Å². The summed E-state index contributed by atoms with van der Waals surface area (Å²) >= 11 is 0. The van der Waals surface area contributed by atoms with Gasteiger partial charge in [0.2, 0.25) is 5.91 Å². The van der Waals surface area contributed by atoms with Crippen LogP contribution in [-0.2, 0) is 22.6 Å². The van der Waals surface area contributed by atoms with Crippen molar-refractivity contribution in [2.45, 2.75) is 39.5 Å². The first-order valence-electron chi connectivity index (χ1n) is 7.23. The first-order valence-corrected chi connectivity index (χ1v) is 7.23. The number of nitrogens with zero attached hydrogens (tertiary/aromatic N) is 2. The Morgan fingerprint density at radius 1 is 1.47 bits per heavy atom. The van der Waals surface area contributed by atoms with E-state index < -0.39 is 0 Å².